The van der Waals surface area contributed by atoms with Gasteiger partial charge in [0.1, 0.15) is 0 Å². The lowest BCUT2D eigenvalue weighted by Crippen LogP contribution is -2.19. The van der Waals surface area contributed by atoms with Crippen molar-refractivity contribution in [1.82, 2.24) is 4.72 Å². The van der Waals surface area contributed by atoms with Gasteiger partial charge in [-0.3, -0.25) is 0 Å². The van der Waals surface area contributed by atoms with Crippen LogP contribution in [0, 0.1) is 0 Å². The summed E-state index contributed by atoms with van der Waals surface area (Å²) in [6.07, 6.45) is 1.02. The van der Waals surface area contributed by atoms with Crippen LogP contribution in [-0.2, 0) is 11.9 Å². The van der Waals surface area contributed by atoms with E-state index in [1.165, 1.54) is 0 Å². The van der Waals surface area contributed by atoms with E-state index in [-0.39, 0.29) is 11.9 Å². The lowest BCUT2D eigenvalue weighted by molar-refractivity contribution is 0.635. The van der Waals surface area contributed by atoms with Gasteiger partial charge in [0.15, 0.2) is 0 Å². The maximum Gasteiger partial charge on any atom is 0.0783 e. The molecule has 3 heteroatoms. The van der Waals surface area contributed by atoms with Crippen LogP contribution in [0.25, 0.3) is 0 Å². The normalized spacial score (nSPS) is 14.0. The molecule has 1 N–H and O–H groups in total. The molecule has 0 saturated heterocycles. The number of nitrogens with one attached hydrogen (secondary N) is 1. The predicted molar refractivity (Wildman–Crippen MR) is 32.4 cm³/mol. The van der Waals surface area contributed by atoms with Gasteiger partial charge in [0.2, 0.25) is 0 Å². The Kier molecular flexibility index (Phi) is 4.34. The second kappa shape index (κ2) is 4.27. The zero-order valence-electron chi connectivity index (χ0n) is 4.64. The largest absolute Gasteiger partial charge is 0.246 e. The first kappa shape index (κ1) is 7.11. The maximum absolute atomic E-state index is 9.76. The zero-order valence-corrected chi connectivity index (χ0v) is 5.53. The molecule has 0 fully saturated rings. The summed E-state index contributed by atoms with van der Waals surface area (Å²) in [4.78, 5) is 0. The van der Waals surface area contributed by atoms with Gasteiger partial charge in [-0.15, -0.1) is 0 Å². The van der Waals surface area contributed by atoms with Crippen LogP contribution in [0.1, 0.15) is 20.3 Å². The predicted octanol–water partition coefficient (Wildman–Crippen LogP) is 0.235. The minimum Gasteiger partial charge on any atom is -0.246 e. The van der Waals surface area contributed by atoms with Crippen LogP contribution >= 0.6 is 0 Å². The van der Waals surface area contributed by atoms with E-state index in [0.717, 1.165) is 6.42 Å². The van der Waals surface area contributed by atoms with Crippen LogP contribution in [0.5, 0.6) is 0 Å². The van der Waals surface area contributed by atoms with Crippen molar-refractivity contribution in [3.8, 4) is 0 Å². The molecular formula is C4H11NOS. The summed E-state index contributed by atoms with van der Waals surface area (Å²) in [6.45, 7) is 4.04. The van der Waals surface area contributed by atoms with Crippen molar-refractivity contribution >= 4 is 11.9 Å². The van der Waals surface area contributed by atoms with Gasteiger partial charge < -0.3 is 0 Å². The van der Waals surface area contributed by atoms with E-state index in [0.29, 0.717) is 6.04 Å². The van der Waals surface area contributed by atoms with Gasteiger partial charge >= 0.3 is 0 Å². The molecule has 0 heterocycles. The second-order valence-corrected chi connectivity index (χ2v) is 1.97. The molecule has 0 spiro atoms. The van der Waals surface area contributed by atoms with Crippen molar-refractivity contribution in [2.75, 3.05) is 0 Å². The SMILES string of the molecule is CCC(C)N[SH]=O. The average Bonchev–Trinajstić information content (AvgIpc) is 1.68. The Morgan fingerprint density at radius 2 is 2.43 bits per heavy atom. The van der Waals surface area contributed by atoms with Gasteiger partial charge in [-0.05, 0) is 13.3 Å². The Labute approximate surface area is 47.9 Å². The zero-order chi connectivity index (χ0) is 5.70. The van der Waals surface area contributed by atoms with Crippen LogP contribution in [0.2, 0.25) is 0 Å². The molecule has 0 aromatic carbocycles. The van der Waals surface area contributed by atoms with Gasteiger partial charge in [0.05, 0.1) is 11.9 Å². The minimum atomic E-state index is 0.0396. The van der Waals surface area contributed by atoms with Crippen molar-refractivity contribution in [2.45, 2.75) is 26.3 Å². The average molecular weight is 121 g/mol. The lowest BCUT2D eigenvalue weighted by atomic mass is 10.3. The Balaban J connectivity index is 2.98. The first-order valence-corrected chi connectivity index (χ1v) is 3.20. The van der Waals surface area contributed by atoms with E-state index in [2.05, 4.69) is 4.72 Å². The van der Waals surface area contributed by atoms with E-state index in [9.17, 15) is 4.21 Å². The molecule has 0 aliphatic heterocycles. The fourth-order valence-electron chi connectivity index (χ4n) is 0.181. The van der Waals surface area contributed by atoms with E-state index in [1.54, 1.807) is 0 Å². The van der Waals surface area contributed by atoms with Gasteiger partial charge in [-0.2, -0.15) is 0 Å². The van der Waals surface area contributed by atoms with E-state index in [1.807, 2.05) is 13.8 Å². The molecular weight excluding hydrogens is 110 g/mol. The number of thiol groups is 1. The molecule has 0 aromatic heterocycles. The molecule has 0 amide bonds. The maximum atomic E-state index is 9.76. The third kappa shape index (κ3) is 3.95. The third-order valence-electron chi connectivity index (χ3n) is 0.885. The van der Waals surface area contributed by atoms with Crippen molar-refractivity contribution < 1.29 is 4.21 Å². The fourth-order valence-corrected chi connectivity index (χ4v) is 0.544. The van der Waals surface area contributed by atoms with Crippen LogP contribution in [0.15, 0.2) is 0 Å². The van der Waals surface area contributed by atoms with Crippen LogP contribution in [0.4, 0.5) is 0 Å². The van der Waals surface area contributed by atoms with Gasteiger partial charge in [-0.1, -0.05) is 6.92 Å². The summed E-state index contributed by atoms with van der Waals surface area (Å²) in [7, 11) is 0. The molecule has 0 bridgehead atoms. The van der Waals surface area contributed by atoms with E-state index >= 15 is 0 Å². The quantitative estimate of drug-likeness (QED) is 0.514. The Morgan fingerprint density at radius 3 is 2.57 bits per heavy atom. The topological polar surface area (TPSA) is 29.1 Å². The van der Waals surface area contributed by atoms with Crippen LogP contribution < -0.4 is 4.72 Å². The molecule has 0 rings (SSSR count). The van der Waals surface area contributed by atoms with E-state index < -0.39 is 0 Å². The highest BCUT2D eigenvalue weighted by molar-refractivity contribution is 7.63. The number of hydrogen-bond donors (Lipinski definition) is 2. The molecule has 0 saturated carbocycles. The summed E-state index contributed by atoms with van der Waals surface area (Å²) >= 11 is 0.0396. The molecule has 0 radical (unpaired) electrons. The van der Waals surface area contributed by atoms with E-state index in [4.69, 9.17) is 0 Å². The fraction of sp³-hybridized carbons (Fsp3) is 1.00. The van der Waals surface area contributed by atoms with Gasteiger partial charge in [0, 0.05) is 6.04 Å². The molecule has 0 aliphatic carbocycles. The highest BCUT2D eigenvalue weighted by atomic mass is 32.2. The highest BCUT2D eigenvalue weighted by Gasteiger charge is 1.90. The van der Waals surface area contributed by atoms with Crippen molar-refractivity contribution in [3.63, 3.8) is 0 Å². The summed E-state index contributed by atoms with van der Waals surface area (Å²) in [5, 5.41) is 0. The molecule has 0 aliphatic rings. The molecule has 7 heavy (non-hydrogen) atoms. The van der Waals surface area contributed by atoms with Crippen molar-refractivity contribution in [3.05, 3.63) is 0 Å². The summed E-state index contributed by atoms with van der Waals surface area (Å²) in [6, 6.07) is 0.374. The van der Waals surface area contributed by atoms with Crippen molar-refractivity contribution in [2.24, 2.45) is 0 Å². The van der Waals surface area contributed by atoms with Crippen molar-refractivity contribution in [1.29, 1.82) is 0 Å². The molecule has 0 aromatic rings. The molecule has 1 atom stereocenters. The Morgan fingerprint density at radius 1 is 1.86 bits per heavy atom. The number of rotatable bonds is 3. The minimum absolute atomic E-state index is 0.0396. The number of hydrogen-bond acceptors (Lipinski definition) is 1. The molecule has 44 valence electrons. The third-order valence-corrected chi connectivity index (χ3v) is 1.43. The first-order chi connectivity index (χ1) is 3.31. The summed E-state index contributed by atoms with van der Waals surface area (Å²) in [5.74, 6) is 0. The Bertz CT molecular complexity index is 57.7. The molecule has 1 unspecified atom stereocenters. The summed E-state index contributed by atoms with van der Waals surface area (Å²) in [5.41, 5.74) is 0. The van der Waals surface area contributed by atoms with Crippen LogP contribution in [0.3, 0.4) is 0 Å². The standard InChI is InChI=1S/C4H11NOS/c1-3-4(2)5-7-6/h4,7H,3H2,1-2H3,(H,5,6). The second-order valence-electron chi connectivity index (χ2n) is 1.53. The highest BCUT2D eigenvalue weighted by Crippen LogP contribution is 1.83. The van der Waals surface area contributed by atoms with Crippen LogP contribution in [-0.4, -0.2) is 10.3 Å². The Hall–Kier alpha value is 0.110. The summed E-state index contributed by atoms with van der Waals surface area (Å²) < 4.78 is 12.5. The van der Waals surface area contributed by atoms with Gasteiger partial charge in [0.25, 0.3) is 0 Å². The first-order valence-electron chi connectivity index (χ1n) is 2.39. The van der Waals surface area contributed by atoms with Gasteiger partial charge in [-0.25, -0.2) is 8.93 Å². The smallest absolute Gasteiger partial charge is 0.0783 e. The monoisotopic (exact) mass is 121 g/mol. The lowest BCUT2D eigenvalue weighted by Gasteiger charge is -2.01. The molecule has 2 nitrogen and oxygen atoms in total.